The quantitative estimate of drug-likeness (QED) is 0.367. The summed E-state index contributed by atoms with van der Waals surface area (Å²) in [6, 6.07) is 1.20. The van der Waals surface area contributed by atoms with E-state index in [9.17, 15) is 28.3 Å². The van der Waals surface area contributed by atoms with Crippen molar-refractivity contribution < 1.29 is 27.9 Å². The summed E-state index contributed by atoms with van der Waals surface area (Å²) in [5, 5.41) is 11.8. The number of halogens is 3. The predicted molar refractivity (Wildman–Crippen MR) is 126 cm³/mol. The van der Waals surface area contributed by atoms with Crippen molar-refractivity contribution in [3.63, 3.8) is 0 Å². The van der Waals surface area contributed by atoms with Crippen LogP contribution < -0.4 is 27.1 Å². The number of nitrogen functional groups attached to an aromatic ring is 1. The third-order valence-corrected chi connectivity index (χ3v) is 6.02. The monoisotopic (exact) mass is 504 g/mol. The smallest absolute Gasteiger partial charge is 0.341 e. The molecule has 0 spiro atoms. The molecule has 0 unspecified atom stereocenters. The number of carbonyl (C=O) groups is 2. The van der Waals surface area contributed by atoms with Crippen LogP contribution in [0.2, 0.25) is 0 Å². The van der Waals surface area contributed by atoms with E-state index in [-0.39, 0.29) is 48.1 Å². The van der Waals surface area contributed by atoms with Crippen LogP contribution in [0.1, 0.15) is 24.2 Å². The normalized spacial score (nSPS) is 14.7. The van der Waals surface area contributed by atoms with Gasteiger partial charge < -0.3 is 26.8 Å². The Balaban J connectivity index is 1.77. The lowest BCUT2D eigenvalue weighted by molar-refractivity contribution is -0.124. The largest absolute Gasteiger partial charge is 0.477 e. The molecule has 13 heteroatoms. The van der Waals surface area contributed by atoms with Crippen molar-refractivity contribution >= 4 is 34.4 Å². The number of benzene rings is 1. The van der Waals surface area contributed by atoms with Crippen LogP contribution in [0.5, 0.6) is 0 Å². The van der Waals surface area contributed by atoms with Gasteiger partial charge in [-0.1, -0.05) is 13.8 Å². The number of nitrogens with two attached hydrogens (primary N) is 2. The second kappa shape index (κ2) is 9.15. The second-order valence-corrected chi connectivity index (χ2v) is 8.92. The molecule has 0 saturated carbocycles. The van der Waals surface area contributed by atoms with Crippen molar-refractivity contribution in [1.82, 2.24) is 14.9 Å². The zero-order valence-corrected chi connectivity index (χ0v) is 19.3. The summed E-state index contributed by atoms with van der Waals surface area (Å²) in [7, 11) is 0. The highest BCUT2D eigenvalue weighted by atomic mass is 19.1. The van der Waals surface area contributed by atoms with Crippen molar-refractivity contribution in [1.29, 1.82) is 0 Å². The Morgan fingerprint density at radius 1 is 1.14 bits per heavy atom. The van der Waals surface area contributed by atoms with Gasteiger partial charge in [-0.05, 0) is 18.1 Å². The van der Waals surface area contributed by atoms with Gasteiger partial charge in [0.25, 0.3) is 0 Å². The first-order valence-corrected chi connectivity index (χ1v) is 10.9. The minimum Gasteiger partial charge on any atom is -0.477 e. The van der Waals surface area contributed by atoms with Crippen molar-refractivity contribution in [2.24, 2.45) is 11.7 Å². The van der Waals surface area contributed by atoms with Gasteiger partial charge in [-0.15, -0.1) is 0 Å². The van der Waals surface area contributed by atoms with E-state index >= 15 is 4.39 Å². The summed E-state index contributed by atoms with van der Waals surface area (Å²) in [6.07, 6.45) is 0.823. The van der Waals surface area contributed by atoms with Gasteiger partial charge in [0, 0.05) is 25.4 Å². The second-order valence-electron chi connectivity index (χ2n) is 8.92. The molecule has 1 aromatic carbocycles. The average molecular weight is 504 g/mol. The number of nitrogens with zero attached hydrogens (tertiary/aromatic N) is 3. The van der Waals surface area contributed by atoms with Crippen LogP contribution in [0, 0.1) is 23.4 Å². The van der Waals surface area contributed by atoms with Crippen molar-refractivity contribution in [2.45, 2.75) is 25.9 Å². The molecule has 1 aliphatic heterocycles. The summed E-state index contributed by atoms with van der Waals surface area (Å²) in [5.74, 6) is -5.31. The molecule has 2 aromatic heterocycles. The highest BCUT2D eigenvalue weighted by molar-refractivity contribution is 5.92. The Morgan fingerprint density at radius 3 is 2.42 bits per heavy atom. The first-order chi connectivity index (χ1) is 16.9. The Kier molecular flexibility index (Phi) is 6.35. The Labute approximate surface area is 202 Å². The molecule has 1 atom stereocenters. The van der Waals surface area contributed by atoms with E-state index in [2.05, 4.69) is 10.3 Å². The first kappa shape index (κ1) is 25.0. The molecule has 36 heavy (non-hydrogen) atoms. The number of fused-ring (bicyclic) bond motifs is 1. The van der Waals surface area contributed by atoms with Crippen LogP contribution in [-0.4, -0.2) is 51.7 Å². The Bertz CT molecular complexity index is 1450. The van der Waals surface area contributed by atoms with Gasteiger partial charge in [0.2, 0.25) is 11.3 Å². The molecule has 0 bridgehead atoms. The van der Waals surface area contributed by atoms with Gasteiger partial charge in [0.1, 0.15) is 17.2 Å². The lowest BCUT2D eigenvalue weighted by Gasteiger charge is -2.41. The minimum absolute atomic E-state index is 0.0749. The number of carboxylic acids is 1. The number of hydrogen-bond donors (Lipinski definition) is 4. The molecule has 1 aliphatic rings. The number of aromatic carboxylic acids is 1. The molecule has 3 heterocycles. The molecular formula is C23H23F3N6O4. The summed E-state index contributed by atoms with van der Waals surface area (Å²) in [6.45, 7) is 3.97. The third-order valence-electron chi connectivity index (χ3n) is 6.02. The molecule has 10 nitrogen and oxygen atoms in total. The van der Waals surface area contributed by atoms with Crippen LogP contribution in [-0.2, 0) is 4.79 Å². The van der Waals surface area contributed by atoms with Crippen molar-refractivity contribution in [2.75, 3.05) is 23.7 Å². The van der Waals surface area contributed by atoms with Crippen LogP contribution in [0.15, 0.2) is 29.2 Å². The molecule has 1 amide bonds. The number of nitrogens with one attached hydrogen (secondary N) is 1. The first-order valence-electron chi connectivity index (χ1n) is 10.9. The third kappa shape index (κ3) is 4.33. The zero-order valence-electron chi connectivity index (χ0n) is 19.3. The lowest BCUT2D eigenvalue weighted by Crippen LogP contribution is -2.62. The van der Waals surface area contributed by atoms with E-state index in [1.807, 2.05) is 0 Å². The molecule has 0 radical (unpaired) electrons. The molecule has 1 saturated heterocycles. The summed E-state index contributed by atoms with van der Waals surface area (Å²) < 4.78 is 44.3. The summed E-state index contributed by atoms with van der Waals surface area (Å²) >= 11 is 0. The zero-order chi connectivity index (χ0) is 26.5. The number of aromatic nitrogens is 2. The van der Waals surface area contributed by atoms with Crippen LogP contribution >= 0.6 is 0 Å². The Morgan fingerprint density at radius 2 is 1.81 bits per heavy atom. The van der Waals surface area contributed by atoms with E-state index in [0.29, 0.717) is 6.07 Å². The van der Waals surface area contributed by atoms with E-state index in [1.54, 1.807) is 13.8 Å². The maximum absolute atomic E-state index is 15.0. The van der Waals surface area contributed by atoms with Crippen molar-refractivity contribution in [3.8, 4) is 5.69 Å². The number of carbonyl (C=O) groups excluding carboxylic acids is 1. The standard InChI is InChI=1S/C23H23F3N6O4/c1-9(2)18(28)22(34)29-10-6-31(7-10)21-15(26)3-11-19(33)12(23(35)36)8-32(20(11)30-21)17-5-16(27)13(24)4-14(17)25/h3-5,8-10,18H,6-7,27-28H2,1-2H3,(H,29,34)(H,35,36)/t18-/m1/s1. The maximum atomic E-state index is 15.0. The highest BCUT2D eigenvalue weighted by Crippen LogP contribution is 2.28. The fourth-order valence-electron chi connectivity index (χ4n) is 3.85. The minimum atomic E-state index is -1.63. The van der Waals surface area contributed by atoms with Gasteiger partial charge in [-0.3, -0.25) is 14.2 Å². The number of amides is 1. The molecule has 0 aliphatic carbocycles. The number of anilines is 2. The highest BCUT2D eigenvalue weighted by Gasteiger charge is 2.33. The van der Waals surface area contributed by atoms with Gasteiger partial charge in [0.15, 0.2) is 17.3 Å². The van der Waals surface area contributed by atoms with E-state index in [1.165, 1.54) is 4.90 Å². The number of carboxylic acid groups (broad SMARTS) is 1. The number of pyridine rings is 2. The molecular weight excluding hydrogens is 481 g/mol. The summed E-state index contributed by atoms with van der Waals surface area (Å²) in [5.41, 5.74) is 8.52. The maximum Gasteiger partial charge on any atom is 0.341 e. The van der Waals surface area contributed by atoms with E-state index in [0.717, 1.165) is 22.9 Å². The number of hydrogen-bond acceptors (Lipinski definition) is 7. The van der Waals surface area contributed by atoms with Crippen LogP contribution in [0.3, 0.4) is 0 Å². The molecule has 4 rings (SSSR count). The van der Waals surface area contributed by atoms with Crippen LogP contribution in [0.25, 0.3) is 16.7 Å². The topological polar surface area (TPSA) is 157 Å². The van der Waals surface area contributed by atoms with Gasteiger partial charge >= 0.3 is 5.97 Å². The predicted octanol–water partition coefficient (Wildman–Crippen LogP) is 1.37. The molecule has 190 valence electrons. The van der Waals surface area contributed by atoms with Crippen LogP contribution in [0.4, 0.5) is 24.7 Å². The van der Waals surface area contributed by atoms with Crippen molar-refractivity contribution in [3.05, 3.63) is 57.6 Å². The Hall–Kier alpha value is -4.13. The van der Waals surface area contributed by atoms with E-state index in [4.69, 9.17) is 11.5 Å². The van der Waals surface area contributed by atoms with Gasteiger partial charge in [-0.25, -0.2) is 22.9 Å². The fourth-order valence-corrected chi connectivity index (χ4v) is 3.85. The lowest BCUT2D eigenvalue weighted by atomic mass is 10.0. The fraction of sp³-hybridized carbons (Fsp3) is 0.304. The summed E-state index contributed by atoms with van der Waals surface area (Å²) in [4.78, 5) is 42.2. The average Bonchev–Trinajstić information content (AvgIpc) is 2.78. The molecule has 1 fully saturated rings. The SMILES string of the molecule is CC(C)[C@@H](N)C(=O)NC1CN(c2nc3c(cc2F)c(=O)c(C(=O)O)cn3-c2cc(N)c(F)cc2F)C1. The van der Waals surface area contributed by atoms with Gasteiger partial charge in [0.05, 0.1) is 28.8 Å². The molecule has 6 N–H and O–H groups in total. The number of rotatable bonds is 6. The van der Waals surface area contributed by atoms with Gasteiger partial charge in [-0.2, -0.15) is 0 Å². The molecule has 3 aromatic rings. The van der Waals surface area contributed by atoms with E-state index < -0.39 is 51.5 Å².